The fourth-order valence-corrected chi connectivity index (χ4v) is 3.56. The second-order valence-electron chi connectivity index (χ2n) is 7.09. The van der Waals surface area contributed by atoms with Gasteiger partial charge in [-0.15, -0.1) is 0 Å². The van der Waals surface area contributed by atoms with Crippen molar-refractivity contribution in [2.24, 2.45) is 11.3 Å². The van der Waals surface area contributed by atoms with E-state index in [4.69, 9.17) is 0 Å². The maximum atomic E-state index is 12.7. The van der Waals surface area contributed by atoms with Crippen LogP contribution in [0.5, 0.6) is 0 Å². The predicted octanol–water partition coefficient (Wildman–Crippen LogP) is 1.18. The summed E-state index contributed by atoms with van der Waals surface area (Å²) in [6.45, 7) is 6.37. The molecule has 0 aromatic rings. The maximum Gasteiger partial charge on any atom is 0.320 e. The van der Waals surface area contributed by atoms with E-state index < -0.39 is 11.4 Å². The van der Waals surface area contributed by atoms with Gasteiger partial charge in [-0.1, -0.05) is 6.92 Å². The highest BCUT2D eigenvalue weighted by molar-refractivity contribution is 5.78. The first-order chi connectivity index (χ1) is 9.74. The Kier molecular flexibility index (Phi) is 4.46. The van der Waals surface area contributed by atoms with E-state index in [1.165, 1.54) is 0 Å². The van der Waals surface area contributed by atoms with Gasteiger partial charge in [0.2, 0.25) is 0 Å². The number of nitrogens with zero attached hydrogens (tertiary/aromatic N) is 3. The van der Waals surface area contributed by atoms with Crippen molar-refractivity contribution in [2.75, 3.05) is 40.3 Å². The first kappa shape index (κ1) is 16.1. The Morgan fingerprint density at radius 3 is 2.43 bits per heavy atom. The number of amides is 2. The number of carboxylic acids is 1. The van der Waals surface area contributed by atoms with Gasteiger partial charge in [-0.05, 0) is 39.8 Å². The van der Waals surface area contributed by atoms with Gasteiger partial charge >= 0.3 is 12.0 Å². The Bertz CT molecular complexity index is 426. The third kappa shape index (κ3) is 3.15. The van der Waals surface area contributed by atoms with Crippen LogP contribution in [0.4, 0.5) is 4.79 Å². The summed E-state index contributed by atoms with van der Waals surface area (Å²) in [5.41, 5.74) is -0.805. The molecule has 2 heterocycles. The van der Waals surface area contributed by atoms with E-state index >= 15 is 0 Å². The number of urea groups is 1. The fourth-order valence-electron chi connectivity index (χ4n) is 3.56. The Labute approximate surface area is 126 Å². The third-order valence-corrected chi connectivity index (χ3v) is 4.99. The summed E-state index contributed by atoms with van der Waals surface area (Å²) in [5.74, 6) is -0.361. The van der Waals surface area contributed by atoms with Crippen LogP contribution in [0, 0.1) is 11.3 Å². The van der Waals surface area contributed by atoms with Crippen LogP contribution < -0.4 is 0 Å². The van der Waals surface area contributed by atoms with Gasteiger partial charge in [-0.25, -0.2) is 4.79 Å². The molecular formula is C15H27N3O3. The lowest BCUT2D eigenvalue weighted by Gasteiger charge is -2.39. The number of aliphatic carboxylic acids is 1. The lowest BCUT2D eigenvalue weighted by Crippen LogP contribution is -2.52. The number of piperidine rings is 1. The van der Waals surface area contributed by atoms with Crippen LogP contribution in [0.15, 0.2) is 0 Å². The molecule has 0 radical (unpaired) electrons. The van der Waals surface area contributed by atoms with Crippen LogP contribution in [0.2, 0.25) is 0 Å². The summed E-state index contributed by atoms with van der Waals surface area (Å²) in [6, 6.07) is 0.378. The van der Waals surface area contributed by atoms with Gasteiger partial charge in [0.15, 0.2) is 0 Å². The molecule has 0 aromatic carbocycles. The average Bonchev–Trinajstić information content (AvgIpc) is 2.80. The molecule has 0 saturated carbocycles. The molecule has 6 heteroatoms. The highest BCUT2D eigenvalue weighted by atomic mass is 16.4. The molecule has 2 aliphatic rings. The summed E-state index contributed by atoms with van der Waals surface area (Å²) >= 11 is 0. The molecule has 0 spiro atoms. The zero-order chi connectivity index (χ0) is 15.8. The van der Waals surface area contributed by atoms with Crippen LogP contribution in [0.1, 0.15) is 26.7 Å². The Balaban J connectivity index is 2.02. The molecule has 2 aliphatic heterocycles. The first-order valence-electron chi connectivity index (χ1n) is 7.68. The highest BCUT2D eigenvalue weighted by Crippen LogP contribution is 2.31. The Morgan fingerprint density at radius 2 is 1.90 bits per heavy atom. The number of hydrogen-bond donors (Lipinski definition) is 1. The van der Waals surface area contributed by atoms with Crippen LogP contribution >= 0.6 is 0 Å². The summed E-state index contributed by atoms with van der Waals surface area (Å²) in [5, 5.41) is 9.36. The number of carbonyl (C=O) groups excluding carboxylic acids is 1. The van der Waals surface area contributed by atoms with Crippen molar-refractivity contribution < 1.29 is 14.7 Å². The second-order valence-corrected chi connectivity index (χ2v) is 7.09. The minimum atomic E-state index is -0.805. The fraction of sp³-hybridized carbons (Fsp3) is 0.867. The van der Waals surface area contributed by atoms with Gasteiger partial charge in [0.1, 0.15) is 0 Å². The van der Waals surface area contributed by atoms with Crippen LogP contribution in [-0.4, -0.2) is 78.1 Å². The van der Waals surface area contributed by atoms with Crippen molar-refractivity contribution in [3.63, 3.8) is 0 Å². The molecule has 120 valence electrons. The molecule has 2 rings (SSSR count). The molecule has 21 heavy (non-hydrogen) atoms. The van der Waals surface area contributed by atoms with Crippen LogP contribution in [-0.2, 0) is 4.79 Å². The predicted molar refractivity (Wildman–Crippen MR) is 80.2 cm³/mol. The highest BCUT2D eigenvalue weighted by Gasteiger charge is 2.42. The normalized spacial score (nSPS) is 33.6. The number of likely N-dealkylation sites (N-methyl/N-ethyl adjacent to an activating group) is 1. The summed E-state index contributed by atoms with van der Waals surface area (Å²) < 4.78 is 0. The minimum Gasteiger partial charge on any atom is -0.481 e. The van der Waals surface area contributed by atoms with Crippen LogP contribution in [0.3, 0.4) is 0 Å². The molecule has 2 amide bonds. The second kappa shape index (κ2) is 5.83. The Morgan fingerprint density at radius 1 is 1.24 bits per heavy atom. The molecule has 0 bridgehead atoms. The lowest BCUT2D eigenvalue weighted by molar-refractivity contribution is -0.150. The number of carbonyl (C=O) groups is 2. The third-order valence-electron chi connectivity index (χ3n) is 4.99. The summed E-state index contributed by atoms with van der Waals surface area (Å²) in [7, 11) is 4.08. The summed E-state index contributed by atoms with van der Waals surface area (Å²) in [4.78, 5) is 29.8. The first-order valence-corrected chi connectivity index (χ1v) is 7.68. The van der Waals surface area contributed by atoms with E-state index in [1.807, 2.05) is 19.0 Å². The van der Waals surface area contributed by atoms with Crippen molar-refractivity contribution in [2.45, 2.75) is 32.7 Å². The van der Waals surface area contributed by atoms with Crippen LogP contribution in [0.25, 0.3) is 0 Å². The zero-order valence-corrected chi connectivity index (χ0v) is 13.5. The molecule has 0 aromatic heterocycles. The molecule has 2 fully saturated rings. The van der Waals surface area contributed by atoms with E-state index in [1.54, 1.807) is 11.8 Å². The zero-order valence-electron chi connectivity index (χ0n) is 13.5. The standard InChI is InChI=1S/C15H27N3O3/c1-11-8-18(9-12(11)16(3)4)14(21)17-7-5-6-15(2,10-17)13(19)20/h11-12H,5-10H2,1-4H3,(H,19,20). The quantitative estimate of drug-likeness (QED) is 0.831. The molecule has 1 N–H and O–H groups in total. The topological polar surface area (TPSA) is 64.1 Å². The van der Waals surface area contributed by atoms with Gasteiger partial charge in [0.25, 0.3) is 0 Å². The monoisotopic (exact) mass is 297 g/mol. The van der Waals surface area contributed by atoms with Crippen molar-refractivity contribution in [3.05, 3.63) is 0 Å². The van der Waals surface area contributed by atoms with Gasteiger partial charge in [0.05, 0.1) is 5.41 Å². The SMILES string of the molecule is CC1CN(C(=O)N2CCCC(C)(C(=O)O)C2)CC1N(C)C. The lowest BCUT2D eigenvalue weighted by atomic mass is 9.82. The van der Waals surface area contributed by atoms with Crippen molar-refractivity contribution in [3.8, 4) is 0 Å². The number of hydrogen-bond acceptors (Lipinski definition) is 3. The van der Waals surface area contributed by atoms with E-state index in [2.05, 4.69) is 11.8 Å². The number of carboxylic acid groups (broad SMARTS) is 1. The molecule has 0 aliphatic carbocycles. The average molecular weight is 297 g/mol. The molecule has 6 nitrogen and oxygen atoms in total. The summed E-state index contributed by atoms with van der Waals surface area (Å²) in [6.07, 6.45) is 1.40. The molecule has 3 unspecified atom stereocenters. The largest absolute Gasteiger partial charge is 0.481 e. The van der Waals surface area contributed by atoms with Gasteiger partial charge in [-0.2, -0.15) is 0 Å². The van der Waals surface area contributed by atoms with E-state index in [9.17, 15) is 14.7 Å². The Hall–Kier alpha value is -1.30. The minimum absolute atomic E-state index is 0.00150. The van der Waals surface area contributed by atoms with Gasteiger partial charge in [0, 0.05) is 32.2 Å². The van der Waals surface area contributed by atoms with Crippen molar-refractivity contribution >= 4 is 12.0 Å². The van der Waals surface area contributed by atoms with Crippen molar-refractivity contribution in [1.29, 1.82) is 0 Å². The van der Waals surface area contributed by atoms with Crippen molar-refractivity contribution in [1.82, 2.24) is 14.7 Å². The molecular weight excluding hydrogens is 270 g/mol. The van der Waals surface area contributed by atoms with Gasteiger partial charge < -0.3 is 19.8 Å². The van der Waals surface area contributed by atoms with E-state index in [0.29, 0.717) is 31.5 Å². The number of rotatable bonds is 2. The number of likely N-dealkylation sites (tertiary alicyclic amines) is 2. The molecule has 2 saturated heterocycles. The van der Waals surface area contributed by atoms with Gasteiger partial charge in [-0.3, -0.25) is 4.79 Å². The molecule has 3 atom stereocenters. The van der Waals surface area contributed by atoms with E-state index in [0.717, 1.165) is 19.5 Å². The smallest absolute Gasteiger partial charge is 0.320 e. The van der Waals surface area contributed by atoms with E-state index in [-0.39, 0.29) is 6.03 Å². The maximum absolute atomic E-state index is 12.7.